The smallest absolute Gasteiger partial charge is 0.321 e. The molecule has 0 aliphatic carbocycles. The molecule has 40 heavy (non-hydrogen) atoms. The van der Waals surface area contributed by atoms with Gasteiger partial charge in [-0.15, -0.1) is 0 Å². The number of carbonyl (C=O) groups is 3. The van der Waals surface area contributed by atoms with E-state index in [4.69, 9.17) is 44.0 Å². The molecule has 228 valence electrons. The zero-order valence-corrected chi connectivity index (χ0v) is 23.1. The van der Waals surface area contributed by atoms with E-state index in [1.165, 1.54) is 0 Å². The number of nitrogens with two attached hydrogens (primary N) is 5. The molecule has 0 saturated carbocycles. The number of nitrogens with one attached hydrogen (secondary N) is 2. The summed E-state index contributed by atoms with van der Waals surface area (Å²) in [6.45, 7) is 0.704. The predicted octanol–water partition coefficient (Wildman–Crippen LogP) is -2.64. The topological polar surface area (TPSA) is 325 Å². The number of hydrogen-bond donors (Lipinski definition) is 10. The molecule has 0 aliphatic heterocycles. The van der Waals surface area contributed by atoms with E-state index < -0.39 is 40.0 Å². The highest BCUT2D eigenvalue weighted by Gasteiger charge is 2.23. The number of aliphatic imine (C=N–C) groups is 2. The molecule has 0 heterocycles. The van der Waals surface area contributed by atoms with Gasteiger partial charge in [0.1, 0.15) is 12.1 Å². The van der Waals surface area contributed by atoms with Crippen molar-refractivity contribution in [3.63, 3.8) is 0 Å². The third-order valence-corrected chi connectivity index (χ3v) is 5.73. The molecule has 15 N–H and O–H groups in total. The summed E-state index contributed by atoms with van der Waals surface area (Å²) in [6.07, 6.45) is 1.40. The Kier molecular flexibility index (Phi) is 20.9. The third kappa shape index (κ3) is 24.3. The molecular weight excluding hydrogens is 550 g/mol. The Balaban J connectivity index is 0. The van der Waals surface area contributed by atoms with E-state index in [0.717, 1.165) is 0 Å². The molecule has 1 aromatic carbocycles. The van der Waals surface area contributed by atoms with Crippen molar-refractivity contribution in [2.75, 3.05) is 26.7 Å². The normalized spacial score (nSPS) is 11.8. The minimum atomic E-state index is -3.75. The van der Waals surface area contributed by atoms with Gasteiger partial charge in [0.15, 0.2) is 11.9 Å². The first-order valence-corrected chi connectivity index (χ1v) is 13.5. The largest absolute Gasteiger partial charge is 0.480 e. The quantitative estimate of drug-likeness (QED) is 0.0533. The molecule has 0 unspecified atom stereocenters. The molecule has 0 aliphatic rings. The molecule has 1 rings (SSSR count). The number of nitrogens with zero attached hydrogens (tertiary/aromatic N) is 2. The number of rotatable bonds is 16. The number of benzene rings is 1. The molecule has 0 spiro atoms. The lowest BCUT2D eigenvalue weighted by molar-refractivity contribution is -0.139. The van der Waals surface area contributed by atoms with Crippen molar-refractivity contribution in [3.8, 4) is 0 Å². The van der Waals surface area contributed by atoms with Crippen LogP contribution in [0, 0.1) is 0 Å². The van der Waals surface area contributed by atoms with Crippen LogP contribution in [-0.2, 0) is 30.2 Å². The Bertz CT molecular complexity index is 1050. The molecule has 0 fully saturated rings. The molecule has 0 amide bonds. The summed E-state index contributed by atoms with van der Waals surface area (Å²) in [7, 11) is -2.16. The second kappa shape index (κ2) is 21.9. The number of hydrogen-bond acceptors (Lipinski definition) is 9. The van der Waals surface area contributed by atoms with Crippen molar-refractivity contribution in [2.24, 2.45) is 38.7 Å². The van der Waals surface area contributed by atoms with E-state index in [9.17, 15) is 22.8 Å². The maximum Gasteiger partial charge on any atom is 0.321 e. The number of carboxylic acid groups (broad SMARTS) is 3. The van der Waals surface area contributed by atoms with E-state index in [1.54, 1.807) is 37.4 Å². The van der Waals surface area contributed by atoms with Gasteiger partial charge in [-0.1, -0.05) is 30.3 Å². The van der Waals surface area contributed by atoms with Gasteiger partial charge in [0.25, 0.3) is 0 Å². The number of aliphatic carboxylic acids is 3. The summed E-state index contributed by atoms with van der Waals surface area (Å²) in [4.78, 5) is 38.3. The lowest BCUT2D eigenvalue weighted by Crippen LogP contribution is -2.41. The van der Waals surface area contributed by atoms with Gasteiger partial charge in [-0.05, 0) is 38.3 Å². The Morgan fingerprint density at radius 2 is 1.38 bits per heavy atom. The highest BCUT2D eigenvalue weighted by atomic mass is 32.2. The Hall–Kier alpha value is -4.00. The predicted molar refractivity (Wildman–Crippen MR) is 151 cm³/mol. The van der Waals surface area contributed by atoms with Crippen LogP contribution < -0.4 is 38.7 Å². The summed E-state index contributed by atoms with van der Waals surface area (Å²) in [5.41, 5.74) is 26.2. The van der Waals surface area contributed by atoms with Gasteiger partial charge in [0, 0.05) is 13.1 Å². The average Bonchev–Trinajstić information content (AvgIpc) is 2.84. The highest BCUT2D eigenvalue weighted by molar-refractivity contribution is 7.88. The fraction of sp³-hybridized carbons (Fsp3) is 0.500. The first-order chi connectivity index (χ1) is 18.6. The highest BCUT2D eigenvalue weighted by Crippen LogP contribution is 2.07. The van der Waals surface area contributed by atoms with E-state index in [1.807, 2.05) is 0 Å². The first kappa shape index (κ1) is 38.1. The Morgan fingerprint density at radius 3 is 1.75 bits per heavy atom. The fourth-order valence-electron chi connectivity index (χ4n) is 2.58. The van der Waals surface area contributed by atoms with Crippen LogP contribution in [0.3, 0.4) is 0 Å². The van der Waals surface area contributed by atoms with Crippen molar-refractivity contribution in [1.29, 1.82) is 0 Å². The summed E-state index contributed by atoms with van der Waals surface area (Å²) >= 11 is 0. The maximum absolute atomic E-state index is 12.0. The van der Waals surface area contributed by atoms with E-state index in [0.29, 0.717) is 31.4 Å². The number of likely N-dealkylation sites (N-methyl/N-ethyl adjacent to an activating group) is 1. The van der Waals surface area contributed by atoms with Gasteiger partial charge in [-0.25, -0.2) is 13.1 Å². The van der Waals surface area contributed by atoms with Gasteiger partial charge in [-0.2, -0.15) is 0 Å². The minimum Gasteiger partial charge on any atom is -0.480 e. The van der Waals surface area contributed by atoms with E-state index in [2.05, 4.69) is 20.0 Å². The van der Waals surface area contributed by atoms with Gasteiger partial charge in [0.2, 0.25) is 10.0 Å². The fourth-order valence-corrected chi connectivity index (χ4v) is 3.95. The second-order valence-electron chi connectivity index (χ2n) is 8.02. The van der Waals surface area contributed by atoms with Crippen LogP contribution in [0.15, 0.2) is 40.3 Å². The van der Waals surface area contributed by atoms with Gasteiger partial charge in [0.05, 0.1) is 12.3 Å². The molecule has 1 aromatic rings. The van der Waals surface area contributed by atoms with Crippen LogP contribution in [0.25, 0.3) is 0 Å². The number of sulfonamides is 1. The lowest BCUT2D eigenvalue weighted by Gasteiger charge is -2.14. The number of carboxylic acids is 3. The summed E-state index contributed by atoms with van der Waals surface area (Å²) in [5.74, 6) is -3.40. The standard InChI is InChI=1S/C13H20N4O4S.C6H14N4O2.C3H7NO2/c14-13(15)16-8-4-7-11(12(18)19)17-22(20,21)9-10-5-2-1-3-6-10;7-4(5(11)12)2-1-3-10-6(8)9;1-4-2-3(5)6/h1-3,5-6,11,17H,4,7-9H2,(H,18,19)(H4,14,15,16);4H,1-3,7H2,(H,11,12)(H4,8,9,10);4H,2H2,1H3,(H,5,6)/t11-;4-;/m00./s1. The van der Waals surface area contributed by atoms with Crippen LogP contribution in [0.1, 0.15) is 31.2 Å². The maximum atomic E-state index is 12.0. The van der Waals surface area contributed by atoms with Gasteiger partial charge >= 0.3 is 17.9 Å². The molecule has 0 bridgehead atoms. The first-order valence-electron chi connectivity index (χ1n) is 11.8. The van der Waals surface area contributed by atoms with Crippen LogP contribution in [-0.4, -0.2) is 92.3 Å². The van der Waals surface area contributed by atoms with Crippen molar-refractivity contribution >= 4 is 39.9 Å². The van der Waals surface area contributed by atoms with Crippen molar-refractivity contribution < 1.29 is 38.1 Å². The van der Waals surface area contributed by atoms with Crippen LogP contribution >= 0.6 is 0 Å². The van der Waals surface area contributed by atoms with Crippen LogP contribution in [0.4, 0.5) is 0 Å². The molecule has 0 saturated heterocycles. The molecular formula is C22H41N9O8S. The van der Waals surface area contributed by atoms with Crippen molar-refractivity contribution in [2.45, 2.75) is 43.5 Å². The Labute approximate surface area is 233 Å². The van der Waals surface area contributed by atoms with Crippen molar-refractivity contribution in [3.05, 3.63) is 35.9 Å². The summed E-state index contributed by atoms with van der Waals surface area (Å²) in [5, 5.41) is 27.8. The lowest BCUT2D eigenvalue weighted by atomic mass is 10.2. The summed E-state index contributed by atoms with van der Waals surface area (Å²) in [6, 6.07) is 6.50. The molecule has 18 heteroatoms. The second-order valence-corrected chi connectivity index (χ2v) is 9.77. The molecule has 2 atom stereocenters. The van der Waals surface area contributed by atoms with Crippen LogP contribution in [0.2, 0.25) is 0 Å². The zero-order valence-electron chi connectivity index (χ0n) is 22.3. The van der Waals surface area contributed by atoms with Gasteiger partial charge < -0.3 is 49.3 Å². The number of guanidine groups is 2. The van der Waals surface area contributed by atoms with Crippen LogP contribution in [0.5, 0.6) is 0 Å². The van der Waals surface area contributed by atoms with Gasteiger partial charge in [-0.3, -0.25) is 24.4 Å². The molecule has 0 radical (unpaired) electrons. The third-order valence-electron chi connectivity index (χ3n) is 4.38. The molecule has 17 nitrogen and oxygen atoms in total. The minimum absolute atomic E-state index is 0.0129. The van der Waals surface area contributed by atoms with E-state index in [-0.39, 0.29) is 37.2 Å². The monoisotopic (exact) mass is 591 g/mol. The molecule has 0 aromatic heterocycles. The summed E-state index contributed by atoms with van der Waals surface area (Å²) < 4.78 is 26.2. The average molecular weight is 592 g/mol. The Morgan fingerprint density at radius 1 is 0.875 bits per heavy atom. The van der Waals surface area contributed by atoms with E-state index >= 15 is 0 Å². The zero-order chi connectivity index (χ0) is 31.1. The SMILES string of the molecule is CNCC(=O)O.NC(N)=NCCC[C@H](N)C(=O)O.NC(N)=NCCC[C@H](NS(=O)(=O)Cc1ccccc1)C(=O)O. The van der Waals surface area contributed by atoms with Crippen molar-refractivity contribution in [1.82, 2.24) is 10.0 Å².